The smallest absolute Gasteiger partial charge is 0.243 e. The van der Waals surface area contributed by atoms with Crippen LogP contribution in [0.5, 0.6) is 5.75 Å². The Hall–Kier alpha value is -3.54. The van der Waals surface area contributed by atoms with Gasteiger partial charge in [0.1, 0.15) is 27.7 Å². The van der Waals surface area contributed by atoms with Gasteiger partial charge >= 0.3 is 0 Å². The summed E-state index contributed by atoms with van der Waals surface area (Å²) in [5.41, 5.74) is 2.65. The number of para-hydroxylation sites is 2. The first kappa shape index (κ1) is 25.1. The molecule has 1 amide bonds. The number of anilines is 1. The molecule has 0 radical (unpaired) electrons. The van der Waals surface area contributed by atoms with Gasteiger partial charge in [-0.3, -0.25) is 4.79 Å². The van der Waals surface area contributed by atoms with Crippen LogP contribution in [0.2, 0.25) is 0 Å². The molecule has 37 heavy (non-hydrogen) atoms. The van der Waals surface area contributed by atoms with Gasteiger partial charge in [-0.25, -0.2) is 8.42 Å². The van der Waals surface area contributed by atoms with Crippen LogP contribution in [0.15, 0.2) is 77.7 Å². The number of carbonyl (C=O) groups excluding carboxylic acids is 1. The fraction of sp³-hybridized carbons (Fsp3) is 0.269. The number of benzene rings is 3. The quantitative estimate of drug-likeness (QED) is 0.369. The molecule has 1 unspecified atom stereocenters. The molecule has 0 bridgehead atoms. The minimum atomic E-state index is -4.04. The number of hydrogen-bond acceptors (Lipinski definition) is 8. The number of amides is 1. The topological polar surface area (TPSA) is 105 Å². The summed E-state index contributed by atoms with van der Waals surface area (Å²) >= 11 is 0.954. The number of sulfonamides is 1. The molecular formula is C26H27N5O4S2. The zero-order chi connectivity index (χ0) is 25.8. The second kappa shape index (κ2) is 10.8. The van der Waals surface area contributed by atoms with Crippen LogP contribution in [0.4, 0.5) is 5.69 Å². The summed E-state index contributed by atoms with van der Waals surface area (Å²) in [5.74, 6) is 0.526. The monoisotopic (exact) mass is 537 g/mol. The molecule has 3 aromatic carbocycles. The van der Waals surface area contributed by atoms with Crippen LogP contribution in [0.3, 0.4) is 0 Å². The number of nitrogens with zero attached hydrogens (tertiary/aromatic N) is 4. The van der Waals surface area contributed by atoms with Crippen molar-refractivity contribution in [2.75, 3.05) is 38.2 Å². The molecule has 9 nitrogen and oxygen atoms in total. The van der Waals surface area contributed by atoms with Crippen molar-refractivity contribution in [1.29, 1.82) is 0 Å². The zero-order valence-electron chi connectivity index (χ0n) is 20.3. The Balaban J connectivity index is 1.37. The Bertz CT molecular complexity index is 1490. The standard InChI is InChI=1S/C26H27N5O4S2/c1-35-23-12-6-5-11-22(23)30-14-16-31(17-15-30)26(32)21(18-19-8-3-2-4-9-19)29-37(33,34)24-13-7-10-20-25(24)28-36-27-20/h2-13,21,29H,14-18H2,1H3. The highest BCUT2D eigenvalue weighted by Gasteiger charge is 2.32. The number of carbonyl (C=O) groups is 1. The third-order valence-corrected chi connectivity index (χ3v) is 8.48. The molecule has 11 heteroatoms. The highest BCUT2D eigenvalue weighted by molar-refractivity contribution is 7.89. The number of piperazine rings is 1. The van der Waals surface area contributed by atoms with Gasteiger partial charge in [-0.05, 0) is 36.2 Å². The van der Waals surface area contributed by atoms with E-state index >= 15 is 0 Å². The maximum absolute atomic E-state index is 13.7. The van der Waals surface area contributed by atoms with Crippen molar-refractivity contribution >= 4 is 44.4 Å². The number of nitrogens with one attached hydrogen (secondary N) is 1. The van der Waals surface area contributed by atoms with Gasteiger partial charge in [-0.2, -0.15) is 13.5 Å². The van der Waals surface area contributed by atoms with E-state index in [9.17, 15) is 13.2 Å². The summed E-state index contributed by atoms with van der Waals surface area (Å²) in [6, 6.07) is 21.1. The molecule has 0 aliphatic carbocycles. The van der Waals surface area contributed by atoms with Crippen molar-refractivity contribution < 1.29 is 17.9 Å². The molecule has 1 fully saturated rings. The lowest BCUT2D eigenvalue weighted by atomic mass is 10.1. The van der Waals surface area contributed by atoms with Crippen molar-refractivity contribution in [2.45, 2.75) is 17.4 Å². The van der Waals surface area contributed by atoms with E-state index in [0.717, 1.165) is 28.7 Å². The molecule has 2 heterocycles. The number of rotatable bonds is 8. The van der Waals surface area contributed by atoms with Crippen molar-refractivity contribution in [2.24, 2.45) is 0 Å². The fourth-order valence-electron chi connectivity index (χ4n) is 4.56. The first-order chi connectivity index (χ1) is 18.0. The Kier molecular flexibility index (Phi) is 7.36. The van der Waals surface area contributed by atoms with Crippen molar-refractivity contribution in [3.63, 3.8) is 0 Å². The highest BCUT2D eigenvalue weighted by Crippen LogP contribution is 2.28. The van der Waals surface area contributed by atoms with Crippen LogP contribution in [0.25, 0.3) is 11.0 Å². The van der Waals surface area contributed by atoms with E-state index in [4.69, 9.17) is 4.74 Å². The van der Waals surface area contributed by atoms with Gasteiger partial charge in [0.15, 0.2) is 0 Å². The molecule has 1 N–H and O–H groups in total. The van der Waals surface area contributed by atoms with Gasteiger partial charge in [0.2, 0.25) is 15.9 Å². The third-order valence-electron chi connectivity index (χ3n) is 6.43. The Morgan fingerprint density at radius 3 is 2.46 bits per heavy atom. The van der Waals surface area contributed by atoms with Crippen LogP contribution >= 0.6 is 11.7 Å². The number of methoxy groups -OCH3 is 1. The highest BCUT2D eigenvalue weighted by atomic mass is 32.2. The van der Waals surface area contributed by atoms with Gasteiger partial charge in [-0.1, -0.05) is 48.5 Å². The minimum Gasteiger partial charge on any atom is -0.495 e. The molecule has 192 valence electrons. The lowest BCUT2D eigenvalue weighted by Gasteiger charge is -2.38. The van der Waals surface area contributed by atoms with Crippen LogP contribution in [0, 0.1) is 0 Å². The molecule has 1 atom stereocenters. The van der Waals surface area contributed by atoms with Gasteiger partial charge in [-0.15, -0.1) is 0 Å². The number of ether oxygens (including phenoxy) is 1. The van der Waals surface area contributed by atoms with E-state index in [-0.39, 0.29) is 17.2 Å². The second-order valence-electron chi connectivity index (χ2n) is 8.74. The largest absolute Gasteiger partial charge is 0.495 e. The SMILES string of the molecule is COc1ccccc1N1CCN(C(=O)C(Cc2ccccc2)NS(=O)(=O)c2cccc3nsnc23)CC1. The zero-order valence-corrected chi connectivity index (χ0v) is 21.9. The fourth-order valence-corrected chi connectivity index (χ4v) is 6.51. The molecule has 1 aliphatic rings. The molecule has 0 saturated carbocycles. The normalized spacial score (nSPS) is 15.1. The van der Waals surface area contributed by atoms with Gasteiger partial charge in [0.05, 0.1) is 24.5 Å². The third kappa shape index (κ3) is 5.43. The molecule has 1 aromatic heterocycles. The summed E-state index contributed by atoms with van der Waals surface area (Å²) in [4.78, 5) is 17.6. The first-order valence-corrected chi connectivity index (χ1v) is 14.1. The van der Waals surface area contributed by atoms with Crippen molar-refractivity contribution in [3.05, 3.63) is 78.4 Å². The van der Waals surface area contributed by atoms with E-state index < -0.39 is 16.1 Å². The second-order valence-corrected chi connectivity index (χ2v) is 10.9. The summed E-state index contributed by atoms with van der Waals surface area (Å²) < 4.78 is 43.4. The van der Waals surface area contributed by atoms with E-state index in [1.807, 2.05) is 54.6 Å². The summed E-state index contributed by atoms with van der Waals surface area (Å²) in [6.07, 6.45) is 0.233. The molecule has 1 saturated heterocycles. The average Bonchev–Trinajstić information content (AvgIpc) is 3.42. The summed E-state index contributed by atoms with van der Waals surface area (Å²) in [7, 11) is -2.40. The maximum Gasteiger partial charge on any atom is 0.243 e. The molecule has 0 spiro atoms. The van der Waals surface area contributed by atoms with Crippen molar-refractivity contribution in [1.82, 2.24) is 18.4 Å². The molecule has 5 rings (SSSR count). The lowest BCUT2D eigenvalue weighted by Crippen LogP contribution is -2.55. The first-order valence-electron chi connectivity index (χ1n) is 11.9. The van der Waals surface area contributed by atoms with Crippen LogP contribution < -0.4 is 14.4 Å². The van der Waals surface area contributed by atoms with Crippen LogP contribution in [-0.2, 0) is 21.2 Å². The molecule has 1 aliphatic heterocycles. The number of aromatic nitrogens is 2. The Labute approximate surface area is 220 Å². The Morgan fingerprint density at radius 2 is 1.70 bits per heavy atom. The summed E-state index contributed by atoms with van der Waals surface area (Å²) in [6.45, 7) is 2.16. The molecular weight excluding hydrogens is 510 g/mol. The van der Waals surface area contributed by atoms with Crippen LogP contribution in [0.1, 0.15) is 5.56 Å². The van der Waals surface area contributed by atoms with Crippen molar-refractivity contribution in [3.8, 4) is 5.75 Å². The predicted molar refractivity (Wildman–Crippen MR) is 143 cm³/mol. The van der Waals surface area contributed by atoms with Gasteiger partial charge < -0.3 is 14.5 Å². The van der Waals surface area contributed by atoms with E-state index in [1.165, 1.54) is 6.07 Å². The van der Waals surface area contributed by atoms with E-state index in [1.54, 1.807) is 24.1 Å². The molecule has 4 aromatic rings. The number of hydrogen-bond donors (Lipinski definition) is 1. The van der Waals surface area contributed by atoms with E-state index in [2.05, 4.69) is 18.4 Å². The average molecular weight is 538 g/mol. The lowest BCUT2D eigenvalue weighted by molar-refractivity contribution is -0.133. The summed E-state index contributed by atoms with van der Waals surface area (Å²) in [5, 5.41) is 0. The number of fused-ring (bicyclic) bond motifs is 1. The van der Waals surface area contributed by atoms with Gasteiger partial charge in [0.25, 0.3) is 0 Å². The maximum atomic E-state index is 13.7. The Morgan fingerprint density at radius 1 is 0.973 bits per heavy atom. The predicted octanol–water partition coefficient (Wildman–Crippen LogP) is 2.94. The van der Waals surface area contributed by atoms with E-state index in [0.29, 0.717) is 37.2 Å². The van der Waals surface area contributed by atoms with Gasteiger partial charge in [0, 0.05) is 26.2 Å². The van der Waals surface area contributed by atoms with Crippen LogP contribution in [-0.4, -0.2) is 67.3 Å². The minimum absolute atomic E-state index is 0.0191.